The molecular formula is C20H18N2O3S. The molecule has 0 fully saturated rings. The normalized spacial score (nSPS) is 12.0. The van der Waals surface area contributed by atoms with Crippen molar-refractivity contribution in [2.75, 3.05) is 6.61 Å². The highest BCUT2D eigenvalue weighted by molar-refractivity contribution is 7.85. The Bertz CT molecular complexity index is 1200. The molecule has 0 aliphatic rings. The molecule has 6 heteroatoms. The first-order valence-electron chi connectivity index (χ1n) is 8.38. The molecule has 2 heterocycles. The van der Waals surface area contributed by atoms with Gasteiger partial charge in [0.2, 0.25) is 0 Å². The standard InChI is InChI=1S/C20H18N2O3S/c1-2-25-26(23,24)14-16-5-3-7-20-18(16)10-12-22(20)17-8-9-19-15(13-17)6-4-11-21-19/h3-13H,2,14H2,1H3. The molecule has 0 amide bonds. The summed E-state index contributed by atoms with van der Waals surface area (Å²) in [6.07, 6.45) is 3.73. The van der Waals surface area contributed by atoms with Crippen molar-refractivity contribution in [2.45, 2.75) is 12.7 Å². The van der Waals surface area contributed by atoms with E-state index < -0.39 is 10.1 Å². The first-order valence-corrected chi connectivity index (χ1v) is 9.96. The van der Waals surface area contributed by atoms with Crippen molar-refractivity contribution >= 4 is 31.9 Å². The van der Waals surface area contributed by atoms with Gasteiger partial charge in [-0.15, -0.1) is 0 Å². The van der Waals surface area contributed by atoms with Crippen molar-refractivity contribution in [3.63, 3.8) is 0 Å². The summed E-state index contributed by atoms with van der Waals surface area (Å²) >= 11 is 0. The molecule has 2 aromatic heterocycles. The lowest BCUT2D eigenvalue weighted by Gasteiger charge is -2.09. The van der Waals surface area contributed by atoms with Crippen molar-refractivity contribution in [2.24, 2.45) is 0 Å². The lowest BCUT2D eigenvalue weighted by atomic mass is 10.1. The number of fused-ring (bicyclic) bond motifs is 2. The average Bonchev–Trinajstić information content (AvgIpc) is 3.06. The Morgan fingerprint density at radius 1 is 1.08 bits per heavy atom. The van der Waals surface area contributed by atoms with Crippen LogP contribution in [0.4, 0.5) is 0 Å². The van der Waals surface area contributed by atoms with Crippen LogP contribution < -0.4 is 0 Å². The van der Waals surface area contributed by atoms with Crippen molar-refractivity contribution in [3.05, 3.63) is 72.6 Å². The molecule has 0 aliphatic heterocycles. The number of hydrogen-bond acceptors (Lipinski definition) is 4. The van der Waals surface area contributed by atoms with E-state index in [2.05, 4.69) is 15.6 Å². The summed E-state index contributed by atoms with van der Waals surface area (Å²) in [7, 11) is -3.58. The molecule has 0 bridgehead atoms. The topological polar surface area (TPSA) is 61.2 Å². The van der Waals surface area contributed by atoms with Crippen LogP contribution in [0, 0.1) is 0 Å². The van der Waals surface area contributed by atoms with Gasteiger partial charge in [-0.1, -0.05) is 18.2 Å². The number of rotatable bonds is 5. The van der Waals surface area contributed by atoms with E-state index in [-0.39, 0.29) is 12.4 Å². The van der Waals surface area contributed by atoms with E-state index >= 15 is 0 Å². The Labute approximate surface area is 152 Å². The molecule has 0 atom stereocenters. The Balaban J connectivity index is 1.81. The van der Waals surface area contributed by atoms with Crippen LogP contribution in [-0.2, 0) is 20.1 Å². The second kappa shape index (κ2) is 6.55. The highest BCUT2D eigenvalue weighted by atomic mass is 32.2. The molecule has 4 rings (SSSR count). The fourth-order valence-corrected chi connectivity index (χ4v) is 4.28. The van der Waals surface area contributed by atoms with Crippen LogP contribution in [0.3, 0.4) is 0 Å². The second-order valence-corrected chi connectivity index (χ2v) is 7.66. The van der Waals surface area contributed by atoms with Gasteiger partial charge in [0.15, 0.2) is 0 Å². The Morgan fingerprint density at radius 2 is 1.96 bits per heavy atom. The van der Waals surface area contributed by atoms with Gasteiger partial charge in [-0.2, -0.15) is 8.42 Å². The molecule has 132 valence electrons. The van der Waals surface area contributed by atoms with Crippen LogP contribution in [0.2, 0.25) is 0 Å². The van der Waals surface area contributed by atoms with Crippen LogP contribution in [0.1, 0.15) is 12.5 Å². The summed E-state index contributed by atoms with van der Waals surface area (Å²) in [6.45, 7) is 1.81. The first-order chi connectivity index (χ1) is 12.6. The third-order valence-corrected chi connectivity index (χ3v) is 5.58. The molecule has 0 saturated carbocycles. The summed E-state index contributed by atoms with van der Waals surface area (Å²) in [5.41, 5.74) is 3.64. The van der Waals surface area contributed by atoms with Gasteiger partial charge in [-0.3, -0.25) is 9.17 Å². The third-order valence-electron chi connectivity index (χ3n) is 4.32. The SMILES string of the molecule is CCOS(=O)(=O)Cc1cccc2c1ccn2-c1ccc2ncccc2c1. The van der Waals surface area contributed by atoms with Crippen molar-refractivity contribution < 1.29 is 12.6 Å². The summed E-state index contributed by atoms with van der Waals surface area (Å²) in [6, 6.07) is 17.6. The summed E-state index contributed by atoms with van der Waals surface area (Å²) in [5, 5.41) is 1.96. The van der Waals surface area contributed by atoms with Crippen LogP contribution in [0.5, 0.6) is 0 Å². The van der Waals surface area contributed by atoms with Gasteiger partial charge in [0, 0.05) is 28.9 Å². The zero-order chi connectivity index (χ0) is 18.1. The molecule has 0 spiro atoms. The van der Waals surface area contributed by atoms with Crippen molar-refractivity contribution in [1.82, 2.24) is 9.55 Å². The zero-order valence-corrected chi connectivity index (χ0v) is 15.1. The first kappa shape index (κ1) is 16.8. The number of benzene rings is 2. The smallest absolute Gasteiger partial charge is 0.271 e. The van der Waals surface area contributed by atoms with Gasteiger partial charge in [0.25, 0.3) is 10.1 Å². The summed E-state index contributed by atoms with van der Waals surface area (Å²) < 4.78 is 31.0. The maximum atomic E-state index is 12.0. The maximum absolute atomic E-state index is 12.0. The molecule has 0 aliphatic carbocycles. The van der Waals surface area contributed by atoms with Crippen LogP contribution in [0.25, 0.3) is 27.5 Å². The molecule has 0 unspecified atom stereocenters. The number of hydrogen-bond donors (Lipinski definition) is 0. The fraction of sp³-hybridized carbons (Fsp3) is 0.150. The van der Waals surface area contributed by atoms with E-state index in [9.17, 15) is 8.42 Å². The van der Waals surface area contributed by atoms with E-state index in [0.717, 1.165) is 33.1 Å². The van der Waals surface area contributed by atoms with Gasteiger partial charge < -0.3 is 4.57 Å². The number of pyridine rings is 1. The Kier molecular flexibility index (Phi) is 4.22. The molecule has 0 saturated heterocycles. The predicted octanol–water partition coefficient (Wildman–Crippen LogP) is 4.05. The molecule has 5 nitrogen and oxygen atoms in total. The fourth-order valence-electron chi connectivity index (χ4n) is 3.21. The van der Waals surface area contributed by atoms with Gasteiger partial charge in [0.1, 0.15) is 5.75 Å². The minimum atomic E-state index is -3.58. The third kappa shape index (κ3) is 3.09. The van der Waals surface area contributed by atoms with E-state index in [1.165, 1.54) is 0 Å². The molecule has 0 N–H and O–H groups in total. The van der Waals surface area contributed by atoms with Crippen LogP contribution in [0.15, 0.2) is 67.0 Å². The minimum absolute atomic E-state index is 0.135. The predicted molar refractivity (Wildman–Crippen MR) is 103 cm³/mol. The Hall–Kier alpha value is -2.70. The van der Waals surface area contributed by atoms with E-state index in [1.807, 2.05) is 54.7 Å². The lowest BCUT2D eigenvalue weighted by Crippen LogP contribution is -2.08. The van der Waals surface area contributed by atoms with E-state index in [4.69, 9.17) is 4.18 Å². The number of aromatic nitrogens is 2. The van der Waals surface area contributed by atoms with Crippen molar-refractivity contribution in [1.29, 1.82) is 0 Å². The lowest BCUT2D eigenvalue weighted by molar-refractivity contribution is 0.337. The maximum Gasteiger partial charge on any atom is 0.271 e. The van der Waals surface area contributed by atoms with Crippen LogP contribution >= 0.6 is 0 Å². The Morgan fingerprint density at radius 3 is 2.81 bits per heavy atom. The summed E-state index contributed by atoms with van der Waals surface area (Å²) in [4.78, 5) is 4.35. The van der Waals surface area contributed by atoms with E-state index in [0.29, 0.717) is 0 Å². The van der Waals surface area contributed by atoms with Gasteiger partial charge in [0.05, 0.1) is 17.6 Å². The van der Waals surface area contributed by atoms with Gasteiger partial charge >= 0.3 is 0 Å². The molecule has 0 radical (unpaired) electrons. The van der Waals surface area contributed by atoms with Gasteiger partial charge in [-0.05, 0) is 48.9 Å². The van der Waals surface area contributed by atoms with Crippen LogP contribution in [-0.4, -0.2) is 24.6 Å². The largest absolute Gasteiger partial charge is 0.317 e. The highest BCUT2D eigenvalue weighted by Gasteiger charge is 2.15. The van der Waals surface area contributed by atoms with Gasteiger partial charge in [-0.25, -0.2) is 0 Å². The average molecular weight is 366 g/mol. The molecule has 26 heavy (non-hydrogen) atoms. The molecule has 4 aromatic rings. The van der Waals surface area contributed by atoms with Crippen molar-refractivity contribution in [3.8, 4) is 5.69 Å². The monoisotopic (exact) mass is 366 g/mol. The highest BCUT2D eigenvalue weighted by Crippen LogP contribution is 2.26. The zero-order valence-electron chi connectivity index (χ0n) is 14.3. The number of nitrogens with zero attached hydrogens (tertiary/aromatic N) is 2. The molecule has 2 aromatic carbocycles. The minimum Gasteiger partial charge on any atom is -0.317 e. The quantitative estimate of drug-likeness (QED) is 0.500. The summed E-state index contributed by atoms with van der Waals surface area (Å²) in [5.74, 6) is -0.135. The second-order valence-electron chi connectivity index (χ2n) is 6.02. The molecular weight excluding hydrogens is 348 g/mol. The van der Waals surface area contributed by atoms with E-state index in [1.54, 1.807) is 13.1 Å².